The number of carbonyl (C=O) groups excluding carboxylic acids is 1. The van der Waals surface area contributed by atoms with Gasteiger partial charge >= 0.3 is 0 Å². The van der Waals surface area contributed by atoms with Gasteiger partial charge in [0.15, 0.2) is 0 Å². The Morgan fingerprint density at radius 3 is 2.58 bits per heavy atom. The van der Waals surface area contributed by atoms with Gasteiger partial charge in [-0.2, -0.15) is 0 Å². The maximum absolute atomic E-state index is 12.0. The number of nitrogens with one attached hydrogen (secondary N) is 1. The van der Waals surface area contributed by atoms with Crippen molar-refractivity contribution in [2.75, 3.05) is 44.7 Å². The summed E-state index contributed by atoms with van der Waals surface area (Å²) in [4.78, 5) is 20.8. The number of amides is 1. The van der Waals surface area contributed by atoms with Gasteiger partial charge in [0.05, 0.1) is 7.11 Å². The molecule has 3 rings (SSSR count). The van der Waals surface area contributed by atoms with Crippen LogP contribution in [0.5, 0.6) is 5.75 Å². The van der Waals surface area contributed by atoms with E-state index in [0.717, 1.165) is 44.0 Å². The molecule has 0 saturated carbocycles. The predicted octanol–water partition coefficient (Wildman–Crippen LogP) is 1.92. The number of hydrogen-bond donors (Lipinski definition) is 1. The first-order valence-corrected chi connectivity index (χ1v) is 9.01. The number of aromatic nitrogens is 1. The summed E-state index contributed by atoms with van der Waals surface area (Å²) < 4.78 is 5.21. The van der Waals surface area contributed by atoms with Crippen LogP contribution in [0.25, 0.3) is 0 Å². The number of hydrogen-bond acceptors (Lipinski definition) is 5. The normalized spacial score (nSPS) is 14.9. The van der Waals surface area contributed by atoms with Crippen LogP contribution in [0.2, 0.25) is 0 Å². The number of pyridine rings is 1. The fraction of sp³-hybridized carbons (Fsp3) is 0.400. The van der Waals surface area contributed by atoms with Crippen LogP contribution >= 0.6 is 0 Å². The van der Waals surface area contributed by atoms with Crippen molar-refractivity contribution in [3.8, 4) is 5.75 Å². The molecule has 6 heteroatoms. The molecule has 2 aromatic rings. The van der Waals surface area contributed by atoms with Gasteiger partial charge in [-0.1, -0.05) is 6.07 Å². The molecule has 1 aromatic heterocycles. The van der Waals surface area contributed by atoms with Crippen molar-refractivity contribution in [2.45, 2.75) is 13.0 Å². The van der Waals surface area contributed by atoms with Crippen molar-refractivity contribution in [3.05, 3.63) is 54.4 Å². The number of anilines is 1. The first-order chi connectivity index (χ1) is 12.7. The van der Waals surface area contributed by atoms with Crippen molar-refractivity contribution in [1.29, 1.82) is 0 Å². The number of nitrogens with zero attached hydrogens (tertiary/aromatic N) is 3. The molecule has 26 heavy (non-hydrogen) atoms. The quantitative estimate of drug-likeness (QED) is 0.823. The van der Waals surface area contributed by atoms with E-state index in [1.807, 2.05) is 24.3 Å². The highest BCUT2D eigenvalue weighted by Gasteiger charge is 2.17. The molecule has 1 amide bonds. The Labute approximate surface area is 154 Å². The molecular formula is C20H26N4O2. The highest BCUT2D eigenvalue weighted by molar-refractivity contribution is 5.76. The number of rotatable bonds is 7. The smallest absolute Gasteiger partial charge is 0.221 e. The zero-order valence-corrected chi connectivity index (χ0v) is 15.2. The van der Waals surface area contributed by atoms with Gasteiger partial charge in [0.25, 0.3) is 0 Å². The van der Waals surface area contributed by atoms with Crippen LogP contribution in [0.3, 0.4) is 0 Å². The van der Waals surface area contributed by atoms with E-state index in [1.165, 1.54) is 5.69 Å². The lowest BCUT2D eigenvalue weighted by atomic mass is 10.2. The highest BCUT2D eigenvalue weighted by atomic mass is 16.5. The minimum atomic E-state index is 0.0893. The molecule has 1 aliphatic rings. The summed E-state index contributed by atoms with van der Waals surface area (Å²) in [5, 5.41) is 2.96. The molecule has 0 radical (unpaired) electrons. The molecule has 0 spiro atoms. The van der Waals surface area contributed by atoms with Gasteiger partial charge in [0.1, 0.15) is 5.75 Å². The monoisotopic (exact) mass is 354 g/mol. The summed E-state index contributed by atoms with van der Waals surface area (Å²) >= 11 is 0. The molecule has 138 valence electrons. The first kappa shape index (κ1) is 18.2. The SMILES string of the molecule is COc1ccc(N2CCN(CCC(=O)NCc3cccnc3)CC2)cc1. The van der Waals surface area contributed by atoms with E-state index in [2.05, 4.69) is 32.2 Å². The highest BCUT2D eigenvalue weighted by Crippen LogP contribution is 2.20. The fourth-order valence-corrected chi connectivity index (χ4v) is 3.07. The Balaban J connectivity index is 1.36. The topological polar surface area (TPSA) is 57.7 Å². The minimum absolute atomic E-state index is 0.0893. The Hall–Kier alpha value is -2.60. The fourth-order valence-electron chi connectivity index (χ4n) is 3.07. The zero-order valence-electron chi connectivity index (χ0n) is 15.2. The second-order valence-electron chi connectivity index (χ2n) is 6.41. The summed E-state index contributed by atoms with van der Waals surface area (Å²) in [6.45, 7) is 5.24. The molecule has 1 aliphatic heterocycles. The molecule has 0 atom stereocenters. The maximum atomic E-state index is 12.0. The number of carbonyl (C=O) groups is 1. The van der Waals surface area contributed by atoms with Crippen molar-refractivity contribution >= 4 is 11.6 Å². The minimum Gasteiger partial charge on any atom is -0.497 e. The second-order valence-corrected chi connectivity index (χ2v) is 6.41. The van der Waals surface area contributed by atoms with Gasteiger partial charge in [-0.05, 0) is 35.9 Å². The summed E-state index contributed by atoms with van der Waals surface area (Å²) in [5.41, 5.74) is 2.24. The molecule has 0 unspecified atom stereocenters. The summed E-state index contributed by atoms with van der Waals surface area (Å²) in [6, 6.07) is 12.0. The van der Waals surface area contributed by atoms with Crippen molar-refractivity contribution in [3.63, 3.8) is 0 Å². The zero-order chi connectivity index (χ0) is 18.2. The van der Waals surface area contributed by atoms with Gasteiger partial charge in [-0.15, -0.1) is 0 Å². The Bertz CT molecular complexity index is 683. The molecule has 0 bridgehead atoms. The van der Waals surface area contributed by atoms with Gasteiger partial charge in [-0.3, -0.25) is 14.7 Å². The van der Waals surface area contributed by atoms with Gasteiger partial charge < -0.3 is 15.0 Å². The van der Waals surface area contributed by atoms with Crippen LogP contribution in [0.4, 0.5) is 5.69 Å². The standard InChI is InChI=1S/C20H26N4O2/c1-26-19-6-4-18(5-7-19)24-13-11-23(12-14-24)10-8-20(25)22-16-17-3-2-9-21-15-17/h2-7,9,15H,8,10-14,16H2,1H3,(H,22,25). The van der Waals surface area contributed by atoms with Crippen molar-refractivity contribution < 1.29 is 9.53 Å². The third-order valence-corrected chi connectivity index (χ3v) is 4.68. The van der Waals surface area contributed by atoms with Crippen LogP contribution in [-0.4, -0.2) is 55.6 Å². The summed E-state index contributed by atoms with van der Waals surface area (Å²) in [5.74, 6) is 0.969. The van der Waals surface area contributed by atoms with Gasteiger partial charge in [0, 0.05) is 63.8 Å². The van der Waals surface area contributed by atoms with Crippen molar-refractivity contribution in [1.82, 2.24) is 15.2 Å². The molecule has 0 aliphatic carbocycles. The molecule has 1 fully saturated rings. The van der Waals surface area contributed by atoms with Crippen LogP contribution < -0.4 is 15.0 Å². The largest absolute Gasteiger partial charge is 0.497 e. The second kappa shape index (κ2) is 9.20. The van der Waals surface area contributed by atoms with Crippen LogP contribution in [0.1, 0.15) is 12.0 Å². The third kappa shape index (κ3) is 5.20. The third-order valence-electron chi connectivity index (χ3n) is 4.68. The summed E-state index contributed by atoms with van der Waals surface area (Å²) in [6.07, 6.45) is 4.04. The van der Waals surface area contributed by atoms with Crippen LogP contribution in [0.15, 0.2) is 48.8 Å². The van der Waals surface area contributed by atoms with Crippen LogP contribution in [0, 0.1) is 0 Å². The average Bonchev–Trinajstić information content (AvgIpc) is 2.72. The van der Waals surface area contributed by atoms with E-state index in [-0.39, 0.29) is 5.91 Å². The first-order valence-electron chi connectivity index (χ1n) is 9.01. The number of methoxy groups -OCH3 is 1. The maximum Gasteiger partial charge on any atom is 0.221 e. The number of piperazine rings is 1. The number of ether oxygens (including phenoxy) is 1. The Kier molecular flexibility index (Phi) is 6.44. The number of benzene rings is 1. The lowest BCUT2D eigenvalue weighted by Gasteiger charge is -2.36. The molecule has 1 aromatic carbocycles. The predicted molar refractivity (Wildman–Crippen MR) is 102 cm³/mol. The molecule has 2 heterocycles. The lowest BCUT2D eigenvalue weighted by Crippen LogP contribution is -2.47. The van der Waals surface area contributed by atoms with E-state index in [9.17, 15) is 4.79 Å². The molecular weight excluding hydrogens is 328 g/mol. The van der Waals surface area contributed by atoms with Gasteiger partial charge in [0.2, 0.25) is 5.91 Å². The average molecular weight is 354 g/mol. The van der Waals surface area contributed by atoms with Crippen LogP contribution in [-0.2, 0) is 11.3 Å². The van der Waals surface area contributed by atoms with E-state index in [1.54, 1.807) is 19.5 Å². The summed E-state index contributed by atoms with van der Waals surface area (Å²) in [7, 11) is 1.68. The Morgan fingerprint density at radius 2 is 1.92 bits per heavy atom. The molecule has 1 N–H and O–H groups in total. The van der Waals surface area contributed by atoms with E-state index in [0.29, 0.717) is 13.0 Å². The van der Waals surface area contributed by atoms with E-state index in [4.69, 9.17) is 4.74 Å². The van der Waals surface area contributed by atoms with E-state index < -0.39 is 0 Å². The van der Waals surface area contributed by atoms with E-state index >= 15 is 0 Å². The molecule has 1 saturated heterocycles. The lowest BCUT2D eigenvalue weighted by molar-refractivity contribution is -0.121. The van der Waals surface area contributed by atoms with Crippen molar-refractivity contribution in [2.24, 2.45) is 0 Å². The molecule has 6 nitrogen and oxygen atoms in total. The van der Waals surface area contributed by atoms with Gasteiger partial charge in [-0.25, -0.2) is 0 Å². The Morgan fingerprint density at radius 1 is 1.15 bits per heavy atom.